The smallest absolute Gasteiger partial charge is 0.124 e. The van der Waals surface area contributed by atoms with Gasteiger partial charge in [0.15, 0.2) is 0 Å². The van der Waals surface area contributed by atoms with Gasteiger partial charge in [0.25, 0.3) is 0 Å². The Labute approximate surface area is 120 Å². The van der Waals surface area contributed by atoms with E-state index in [9.17, 15) is 4.39 Å². The maximum Gasteiger partial charge on any atom is 0.124 e. The Morgan fingerprint density at radius 1 is 1.29 bits per heavy atom. The number of thiophene rings is 1. The van der Waals surface area contributed by atoms with E-state index in [4.69, 9.17) is 4.74 Å². The average molecular weight is 380 g/mol. The fourth-order valence-electron chi connectivity index (χ4n) is 1.36. The maximum atomic E-state index is 13.0. The summed E-state index contributed by atoms with van der Waals surface area (Å²) < 4.78 is 19.8. The third-order valence-electron chi connectivity index (χ3n) is 2.22. The fraction of sp³-hybridized carbons (Fsp3) is 0.167. The molecule has 0 saturated heterocycles. The standard InChI is InChI=1S/C12H9Br2FOS/c13-6-8-5-9(15)1-2-11(8)16-7-12-10(14)3-4-17-12/h1-5H,6-7H2. The molecule has 0 atom stereocenters. The minimum absolute atomic E-state index is 0.246. The van der Waals surface area contributed by atoms with Gasteiger partial charge in [0.1, 0.15) is 18.2 Å². The Morgan fingerprint density at radius 3 is 2.76 bits per heavy atom. The van der Waals surface area contributed by atoms with Crippen LogP contribution in [0.3, 0.4) is 0 Å². The van der Waals surface area contributed by atoms with Gasteiger partial charge < -0.3 is 4.74 Å². The van der Waals surface area contributed by atoms with Crippen LogP contribution in [-0.2, 0) is 11.9 Å². The average Bonchev–Trinajstić information content (AvgIpc) is 2.73. The van der Waals surface area contributed by atoms with E-state index in [1.165, 1.54) is 12.1 Å². The predicted octanol–water partition coefficient (Wildman–Crippen LogP) is 5.12. The molecule has 90 valence electrons. The predicted molar refractivity (Wildman–Crippen MR) is 75.4 cm³/mol. The molecule has 0 aliphatic carbocycles. The van der Waals surface area contributed by atoms with Crippen LogP contribution in [0.4, 0.5) is 4.39 Å². The van der Waals surface area contributed by atoms with Crippen LogP contribution < -0.4 is 4.74 Å². The van der Waals surface area contributed by atoms with Gasteiger partial charge in [-0.3, -0.25) is 0 Å². The van der Waals surface area contributed by atoms with Crippen LogP contribution in [0.25, 0.3) is 0 Å². The first kappa shape index (κ1) is 13.1. The molecule has 1 aromatic carbocycles. The van der Waals surface area contributed by atoms with Gasteiger partial charge in [-0.1, -0.05) is 15.9 Å². The number of hydrogen-bond acceptors (Lipinski definition) is 2. The molecule has 5 heteroatoms. The highest BCUT2D eigenvalue weighted by Gasteiger charge is 2.07. The van der Waals surface area contributed by atoms with E-state index in [0.717, 1.165) is 14.9 Å². The Balaban J connectivity index is 2.11. The van der Waals surface area contributed by atoms with Crippen molar-refractivity contribution in [2.24, 2.45) is 0 Å². The summed E-state index contributed by atoms with van der Waals surface area (Å²) in [4.78, 5) is 1.12. The van der Waals surface area contributed by atoms with E-state index < -0.39 is 0 Å². The summed E-state index contributed by atoms with van der Waals surface area (Å²) >= 11 is 8.40. The van der Waals surface area contributed by atoms with Gasteiger partial charge in [0.05, 0.1) is 4.88 Å². The first-order valence-corrected chi connectivity index (χ1v) is 7.69. The first-order valence-electron chi connectivity index (χ1n) is 4.90. The fourth-order valence-corrected chi connectivity index (χ4v) is 3.18. The summed E-state index contributed by atoms with van der Waals surface area (Å²) in [6.45, 7) is 0.490. The molecule has 0 saturated carbocycles. The summed E-state index contributed by atoms with van der Waals surface area (Å²) in [5.74, 6) is 0.465. The lowest BCUT2D eigenvalue weighted by Gasteiger charge is -2.09. The molecule has 0 N–H and O–H groups in total. The van der Waals surface area contributed by atoms with Crippen molar-refractivity contribution in [1.82, 2.24) is 0 Å². The molecule has 2 aromatic rings. The molecule has 0 aliphatic heterocycles. The van der Waals surface area contributed by atoms with Crippen molar-refractivity contribution in [3.8, 4) is 5.75 Å². The number of alkyl halides is 1. The van der Waals surface area contributed by atoms with Crippen LogP contribution in [0.5, 0.6) is 5.75 Å². The molecule has 0 amide bonds. The van der Waals surface area contributed by atoms with E-state index in [1.54, 1.807) is 17.4 Å². The largest absolute Gasteiger partial charge is 0.488 e. The molecule has 1 nitrogen and oxygen atoms in total. The topological polar surface area (TPSA) is 9.23 Å². The Bertz CT molecular complexity index is 513. The summed E-state index contributed by atoms with van der Waals surface area (Å²) in [5, 5.41) is 2.57. The van der Waals surface area contributed by atoms with Gasteiger partial charge in [0.2, 0.25) is 0 Å². The van der Waals surface area contributed by atoms with Crippen molar-refractivity contribution in [2.75, 3.05) is 0 Å². The van der Waals surface area contributed by atoms with Crippen LogP contribution in [0.1, 0.15) is 10.4 Å². The van der Waals surface area contributed by atoms with Gasteiger partial charge >= 0.3 is 0 Å². The van der Waals surface area contributed by atoms with Gasteiger partial charge in [0, 0.05) is 15.4 Å². The molecule has 0 spiro atoms. The third kappa shape index (κ3) is 3.30. The highest BCUT2D eigenvalue weighted by Crippen LogP contribution is 2.27. The quantitative estimate of drug-likeness (QED) is 0.669. The zero-order valence-electron chi connectivity index (χ0n) is 8.75. The van der Waals surface area contributed by atoms with Crippen molar-refractivity contribution in [1.29, 1.82) is 0 Å². The minimum Gasteiger partial charge on any atom is -0.488 e. The maximum absolute atomic E-state index is 13.0. The van der Waals surface area contributed by atoms with Gasteiger partial charge in [-0.2, -0.15) is 0 Å². The molecule has 0 fully saturated rings. The minimum atomic E-state index is -0.246. The summed E-state index contributed by atoms with van der Waals surface area (Å²) in [5.41, 5.74) is 0.817. The van der Waals surface area contributed by atoms with Gasteiger partial charge in [-0.25, -0.2) is 4.39 Å². The molecule has 1 aromatic heterocycles. The van der Waals surface area contributed by atoms with Crippen molar-refractivity contribution in [3.63, 3.8) is 0 Å². The molecule has 0 bridgehead atoms. The van der Waals surface area contributed by atoms with E-state index >= 15 is 0 Å². The third-order valence-corrected chi connectivity index (χ3v) is 4.72. The van der Waals surface area contributed by atoms with Crippen LogP contribution in [0, 0.1) is 5.82 Å². The number of rotatable bonds is 4. The lowest BCUT2D eigenvalue weighted by molar-refractivity contribution is 0.306. The number of hydrogen-bond donors (Lipinski definition) is 0. The number of halogens is 3. The lowest BCUT2D eigenvalue weighted by Crippen LogP contribution is -1.97. The van der Waals surface area contributed by atoms with Crippen LogP contribution in [0.15, 0.2) is 34.1 Å². The normalized spacial score (nSPS) is 10.5. The van der Waals surface area contributed by atoms with Crippen molar-refractivity contribution in [2.45, 2.75) is 11.9 Å². The second kappa shape index (κ2) is 5.98. The number of benzene rings is 1. The zero-order chi connectivity index (χ0) is 12.3. The molecule has 0 unspecified atom stereocenters. The SMILES string of the molecule is Fc1ccc(OCc2sccc2Br)c(CBr)c1. The van der Waals surface area contributed by atoms with Gasteiger partial charge in [-0.15, -0.1) is 11.3 Å². The zero-order valence-corrected chi connectivity index (χ0v) is 12.7. The van der Waals surface area contributed by atoms with Gasteiger partial charge in [-0.05, 0) is 45.6 Å². The molecular weight excluding hydrogens is 371 g/mol. The first-order chi connectivity index (χ1) is 8.20. The highest BCUT2D eigenvalue weighted by molar-refractivity contribution is 9.10. The van der Waals surface area contributed by atoms with E-state index in [1.807, 2.05) is 11.4 Å². The van der Waals surface area contributed by atoms with Crippen LogP contribution in [0.2, 0.25) is 0 Å². The Morgan fingerprint density at radius 2 is 2.12 bits per heavy atom. The molecule has 2 rings (SSSR count). The molecule has 0 aliphatic rings. The highest BCUT2D eigenvalue weighted by atomic mass is 79.9. The Kier molecular flexibility index (Phi) is 4.59. The molecule has 1 heterocycles. The van der Waals surface area contributed by atoms with Crippen molar-refractivity contribution in [3.05, 3.63) is 50.4 Å². The second-order valence-electron chi connectivity index (χ2n) is 3.37. The number of ether oxygens (including phenoxy) is 1. The van der Waals surface area contributed by atoms with E-state index in [0.29, 0.717) is 17.7 Å². The van der Waals surface area contributed by atoms with E-state index in [-0.39, 0.29) is 5.82 Å². The molecular formula is C12H9Br2FOS. The molecule has 0 radical (unpaired) electrons. The summed E-state index contributed by atoms with van der Waals surface area (Å²) in [7, 11) is 0. The summed E-state index contributed by atoms with van der Waals surface area (Å²) in [6, 6.07) is 6.53. The van der Waals surface area contributed by atoms with Crippen molar-refractivity contribution < 1.29 is 9.13 Å². The Hall–Kier alpha value is -0.390. The monoisotopic (exact) mass is 378 g/mol. The molecule has 17 heavy (non-hydrogen) atoms. The van der Waals surface area contributed by atoms with Crippen LogP contribution >= 0.6 is 43.2 Å². The van der Waals surface area contributed by atoms with Crippen molar-refractivity contribution >= 4 is 43.2 Å². The second-order valence-corrected chi connectivity index (χ2v) is 5.78. The van der Waals surface area contributed by atoms with Crippen LogP contribution in [-0.4, -0.2) is 0 Å². The lowest BCUT2D eigenvalue weighted by atomic mass is 10.2. The summed E-state index contributed by atoms with van der Waals surface area (Å²) in [6.07, 6.45) is 0. The van der Waals surface area contributed by atoms with E-state index in [2.05, 4.69) is 31.9 Å².